The zero-order valence-corrected chi connectivity index (χ0v) is 9.26. The lowest BCUT2D eigenvalue weighted by Crippen LogP contribution is -2.18. The number of methoxy groups -OCH3 is 1. The van der Waals surface area contributed by atoms with Crippen LogP contribution in [0.4, 0.5) is 0 Å². The van der Waals surface area contributed by atoms with Crippen LogP contribution in [0, 0.1) is 17.8 Å². The largest absolute Gasteiger partial charge is 0.497 e. The summed E-state index contributed by atoms with van der Waals surface area (Å²) in [5, 5.41) is 18.5. The smallest absolute Gasteiger partial charge is 0.118 e. The summed E-state index contributed by atoms with van der Waals surface area (Å²) in [5.41, 5.74) is 1.31. The van der Waals surface area contributed by atoms with Gasteiger partial charge in [0.05, 0.1) is 7.11 Å². The van der Waals surface area contributed by atoms with E-state index >= 15 is 0 Å². The highest BCUT2D eigenvalue weighted by atomic mass is 16.5. The molecule has 1 aromatic carbocycles. The molecule has 86 valence electrons. The lowest BCUT2D eigenvalue weighted by molar-refractivity contribution is 0.181. The third-order valence-electron chi connectivity index (χ3n) is 4.41. The van der Waals surface area contributed by atoms with Crippen molar-refractivity contribution in [1.29, 1.82) is 0 Å². The molecule has 2 aliphatic rings. The molecule has 0 radical (unpaired) electrons. The second-order valence-corrected chi connectivity index (χ2v) is 4.77. The monoisotopic (exact) mass is 220 g/mol. The third-order valence-corrected chi connectivity index (χ3v) is 4.41. The normalized spacial score (nSPS) is 39.1. The van der Waals surface area contributed by atoms with Gasteiger partial charge in [-0.05, 0) is 35.4 Å². The van der Waals surface area contributed by atoms with Gasteiger partial charge in [0, 0.05) is 18.6 Å². The molecular formula is C13H16O3. The first-order valence-electron chi connectivity index (χ1n) is 5.67. The Hall–Kier alpha value is -1.06. The second-order valence-electron chi connectivity index (χ2n) is 4.77. The highest BCUT2D eigenvalue weighted by Gasteiger charge is 2.85. The Balaban J connectivity index is 1.87. The van der Waals surface area contributed by atoms with Crippen molar-refractivity contribution in [3.63, 3.8) is 0 Å². The Kier molecular flexibility index (Phi) is 2.03. The second kappa shape index (κ2) is 3.22. The first-order chi connectivity index (χ1) is 7.80. The first kappa shape index (κ1) is 10.1. The highest BCUT2D eigenvalue weighted by molar-refractivity contribution is 5.51. The lowest BCUT2D eigenvalue weighted by atomic mass is 9.91. The molecule has 0 spiro atoms. The average Bonchev–Trinajstić information content (AvgIpc) is 3.18. The predicted molar refractivity (Wildman–Crippen MR) is 59.3 cm³/mol. The van der Waals surface area contributed by atoms with Gasteiger partial charge in [-0.15, -0.1) is 0 Å². The average molecular weight is 220 g/mol. The summed E-state index contributed by atoms with van der Waals surface area (Å²) < 4.78 is 5.12. The van der Waals surface area contributed by atoms with Crippen molar-refractivity contribution in [1.82, 2.24) is 0 Å². The number of aliphatic hydroxyl groups excluding tert-OH is 2. The topological polar surface area (TPSA) is 49.7 Å². The van der Waals surface area contributed by atoms with Gasteiger partial charge in [0.1, 0.15) is 5.75 Å². The van der Waals surface area contributed by atoms with Crippen LogP contribution < -0.4 is 4.74 Å². The molecule has 3 heteroatoms. The van der Waals surface area contributed by atoms with Crippen molar-refractivity contribution in [3.05, 3.63) is 29.8 Å². The maximum atomic E-state index is 9.24. The number of hydrogen-bond acceptors (Lipinski definition) is 3. The zero-order chi connectivity index (χ0) is 11.3. The summed E-state index contributed by atoms with van der Waals surface area (Å²) >= 11 is 0. The summed E-state index contributed by atoms with van der Waals surface area (Å²) in [6, 6.07) is 8.00. The van der Waals surface area contributed by atoms with E-state index in [1.54, 1.807) is 7.11 Å². The number of fused-ring (bicyclic) bond motifs is 1. The first-order valence-corrected chi connectivity index (χ1v) is 5.67. The van der Waals surface area contributed by atoms with Crippen LogP contribution in [0.5, 0.6) is 5.75 Å². The van der Waals surface area contributed by atoms with Crippen LogP contribution in [0.3, 0.4) is 0 Å². The van der Waals surface area contributed by atoms with E-state index in [1.807, 2.05) is 12.1 Å². The molecule has 2 unspecified atom stereocenters. The van der Waals surface area contributed by atoms with Crippen LogP contribution in [-0.4, -0.2) is 30.5 Å². The van der Waals surface area contributed by atoms with Gasteiger partial charge in [0.2, 0.25) is 0 Å². The molecule has 0 aliphatic heterocycles. The number of ether oxygens (including phenoxy) is 1. The van der Waals surface area contributed by atoms with E-state index in [4.69, 9.17) is 4.74 Å². The van der Waals surface area contributed by atoms with Crippen LogP contribution in [0.15, 0.2) is 24.3 Å². The Morgan fingerprint density at radius 3 is 2.12 bits per heavy atom. The van der Waals surface area contributed by atoms with E-state index in [0.717, 1.165) is 5.75 Å². The minimum atomic E-state index is 0.0791. The van der Waals surface area contributed by atoms with Gasteiger partial charge >= 0.3 is 0 Å². The van der Waals surface area contributed by atoms with Gasteiger partial charge in [-0.2, -0.15) is 0 Å². The molecule has 2 aliphatic carbocycles. The SMILES string of the molecule is COc1ccc(C23C(CO)C2C3CO)cc1. The minimum absolute atomic E-state index is 0.0791. The molecule has 1 aromatic rings. The summed E-state index contributed by atoms with van der Waals surface area (Å²) in [6.07, 6.45) is 0. The Morgan fingerprint density at radius 2 is 1.69 bits per heavy atom. The van der Waals surface area contributed by atoms with Crippen molar-refractivity contribution >= 4 is 0 Å². The van der Waals surface area contributed by atoms with Crippen LogP contribution in [0.25, 0.3) is 0 Å². The number of aliphatic hydroxyl groups is 2. The van der Waals surface area contributed by atoms with E-state index in [2.05, 4.69) is 12.1 Å². The van der Waals surface area contributed by atoms with E-state index in [0.29, 0.717) is 17.8 Å². The molecule has 3 nitrogen and oxygen atoms in total. The number of rotatable bonds is 4. The van der Waals surface area contributed by atoms with Crippen LogP contribution in [0.2, 0.25) is 0 Å². The molecular weight excluding hydrogens is 204 g/mol. The number of benzene rings is 1. The van der Waals surface area contributed by atoms with Gasteiger partial charge in [0.25, 0.3) is 0 Å². The third kappa shape index (κ3) is 1.00. The maximum Gasteiger partial charge on any atom is 0.118 e. The van der Waals surface area contributed by atoms with Crippen molar-refractivity contribution < 1.29 is 14.9 Å². The summed E-state index contributed by atoms with van der Waals surface area (Å²) in [6.45, 7) is 0.459. The van der Waals surface area contributed by atoms with Gasteiger partial charge in [-0.3, -0.25) is 0 Å². The fourth-order valence-electron chi connectivity index (χ4n) is 3.49. The zero-order valence-electron chi connectivity index (χ0n) is 9.26. The maximum absolute atomic E-state index is 9.24. The van der Waals surface area contributed by atoms with Gasteiger partial charge < -0.3 is 14.9 Å². The molecule has 0 saturated heterocycles. The van der Waals surface area contributed by atoms with E-state index < -0.39 is 0 Å². The molecule has 2 saturated carbocycles. The molecule has 2 fully saturated rings. The quantitative estimate of drug-likeness (QED) is 0.789. The van der Waals surface area contributed by atoms with E-state index in [9.17, 15) is 10.2 Å². The minimum Gasteiger partial charge on any atom is -0.497 e. The van der Waals surface area contributed by atoms with Crippen LogP contribution in [0.1, 0.15) is 5.56 Å². The summed E-state index contributed by atoms with van der Waals surface area (Å²) in [4.78, 5) is 0. The fourth-order valence-corrected chi connectivity index (χ4v) is 3.49. The summed E-state index contributed by atoms with van der Waals surface area (Å²) in [5.74, 6) is 2.06. The van der Waals surface area contributed by atoms with Crippen molar-refractivity contribution in [2.24, 2.45) is 17.8 Å². The molecule has 3 rings (SSSR count). The van der Waals surface area contributed by atoms with Gasteiger partial charge in [-0.25, -0.2) is 0 Å². The fraction of sp³-hybridized carbons (Fsp3) is 0.538. The Bertz CT molecular complexity index is 386. The Morgan fingerprint density at radius 1 is 1.12 bits per heavy atom. The lowest BCUT2D eigenvalue weighted by Gasteiger charge is -2.16. The van der Waals surface area contributed by atoms with Gasteiger partial charge in [0.15, 0.2) is 0 Å². The molecule has 2 N–H and O–H groups in total. The molecule has 0 aromatic heterocycles. The molecule has 0 bridgehead atoms. The predicted octanol–water partition coefficient (Wildman–Crippen LogP) is 0.793. The Labute approximate surface area is 94.7 Å². The van der Waals surface area contributed by atoms with Gasteiger partial charge in [-0.1, -0.05) is 12.1 Å². The van der Waals surface area contributed by atoms with Crippen LogP contribution >= 0.6 is 0 Å². The highest BCUT2D eigenvalue weighted by Crippen LogP contribution is 2.83. The van der Waals surface area contributed by atoms with E-state index in [1.165, 1.54) is 5.56 Å². The standard InChI is InChI=1S/C13H16O3/c1-16-9-4-2-8(3-5-9)13-10(6-14)12(13)11(13)7-15/h2-5,10-12,14-15H,6-7H2,1H3. The van der Waals surface area contributed by atoms with Crippen molar-refractivity contribution in [3.8, 4) is 5.75 Å². The van der Waals surface area contributed by atoms with Crippen molar-refractivity contribution in [2.75, 3.05) is 20.3 Å². The number of hydrogen-bond donors (Lipinski definition) is 2. The molecule has 0 heterocycles. The van der Waals surface area contributed by atoms with Crippen molar-refractivity contribution in [2.45, 2.75) is 5.41 Å². The molecule has 2 atom stereocenters. The van der Waals surface area contributed by atoms with E-state index in [-0.39, 0.29) is 18.6 Å². The summed E-state index contributed by atoms with van der Waals surface area (Å²) in [7, 11) is 1.65. The van der Waals surface area contributed by atoms with Crippen LogP contribution in [-0.2, 0) is 5.41 Å². The molecule has 16 heavy (non-hydrogen) atoms. The molecule has 0 amide bonds.